The number of amides is 1. The summed E-state index contributed by atoms with van der Waals surface area (Å²) in [5, 5.41) is 15.5. The number of carbonyl (C=O) groups is 1. The van der Waals surface area contributed by atoms with Crippen molar-refractivity contribution in [2.45, 2.75) is 24.6 Å². The number of hydrogen-bond acceptors (Lipinski definition) is 6. The number of nitrogens with zero attached hydrogens (tertiary/aromatic N) is 2. The highest BCUT2D eigenvalue weighted by atomic mass is 35.5. The maximum atomic E-state index is 11.7. The van der Waals surface area contributed by atoms with Crippen molar-refractivity contribution in [3.63, 3.8) is 0 Å². The van der Waals surface area contributed by atoms with Gasteiger partial charge in [0.2, 0.25) is 11.0 Å². The molecule has 0 fully saturated rings. The Kier molecular flexibility index (Phi) is 7.14. The van der Waals surface area contributed by atoms with Crippen molar-refractivity contribution >= 4 is 51.4 Å². The van der Waals surface area contributed by atoms with E-state index in [0.717, 1.165) is 23.0 Å². The largest absolute Gasteiger partial charge is 0.355 e. The van der Waals surface area contributed by atoms with Crippen molar-refractivity contribution in [3.8, 4) is 0 Å². The number of anilines is 2. The molecule has 1 heterocycles. The first-order valence-electron chi connectivity index (χ1n) is 7.28. The molecule has 0 aliphatic rings. The Morgan fingerprint density at radius 1 is 1.39 bits per heavy atom. The second-order valence-corrected chi connectivity index (χ2v) is 7.97. The van der Waals surface area contributed by atoms with E-state index < -0.39 is 0 Å². The van der Waals surface area contributed by atoms with E-state index in [1.807, 2.05) is 24.3 Å². The van der Waals surface area contributed by atoms with Gasteiger partial charge in [0.1, 0.15) is 0 Å². The molecule has 0 saturated heterocycles. The fourth-order valence-corrected chi connectivity index (χ4v) is 3.48. The molecular weight excluding hydrogens is 352 g/mol. The van der Waals surface area contributed by atoms with Gasteiger partial charge >= 0.3 is 0 Å². The predicted molar refractivity (Wildman–Crippen MR) is 97.8 cm³/mol. The highest BCUT2D eigenvalue weighted by Gasteiger charge is 2.08. The SMILES string of the molecule is CC(C)CCNC(=O)CSc1nnc(Nc2cccc(Cl)c2)s1. The van der Waals surface area contributed by atoms with E-state index in [0.29, 0.717) is 21.8 Å². The number of carbonyl (C=O) groups excluding carboxylic acids is 1. The van der Waals surface area contributed by atoms with Gasteiger partial charge < -0.3 is 10.6 Å². The summed E-state index contributed by atoms with van der Waals surface area (Å²) in [6.07, 6.45) is 0.989. The van der Waals surface area contributed by atoms with Crippen LogP contribution in [0.4, 0.5) is 10.8 Å². The van der Waals surface area contributed by atoms with E-state index in [4.69, 9.17) is 11.6 Å². The maximum Gasteiger partial charge on any atom is 0.230 e. The van der Waals surface area contributed by atoms with Gasteiger partial charge in [-0.25, -0.2) is 0 Å². The molecule has 2 aromatic rings. The molecule has 2 N–H and O–H groups in total. The van der Waals surface area contributed by atoms with E-state index in [9.17, 15) is 4.79 Å². The standard InChI is InChI=1S/C15H19ClN4OS2/c1-10(2)6-7-17-13(21)9-22-15-20-19-14(23-15)18-12-5-3-4-11(16)8-12/h3-5,8,10H,6-7,9H2,1-2H3,(H,17,21)(H,18,19). The van der Waals surface area contributed by atoms with Crippen molar-refractivity contribution in [1.29, 1.82) is 0 Å². The molecule has 1 amide bonds. The molecule has 0 unspecified atom stereocenters. The average molecular weight is 371 g/mol. The highest BCUT2D eigenvalue weighted by molar-refractivity contribution is 8.01. The smallest absolute Gasteiger partial charge is 0.230 e. The first-order chi connectivity index (χ1) is 11.0. The molecule has 5 nitrogen and oxygen atoms in total. The van der Waals surface area contributed by atoms with Crippen LogP contribution < -0.4 is 10.6 Å². The van der Waals surface area contributed by atoms with Crippen LogP contribution in [-0.4, -0.2) is 28.4 Å². The van der Waals surface area contributed by atoms with Gasteiger partial charge in [-0.2, -0.15) is 0 Å². The van der Waals surface area contributed by atoms with Gasteiger partial charge in [-0.1, -0.05) is 54.6 Å². The maximum absolute atomic E-state index is 11.7. The van der Waals surface area contributed by atoms with Gasteiger partial charge in [0.05, 0.1) is 5.75 Å². The summed E-state index contributed by atoms with van der Waals surface area (Å²) >= 11 is 8.74. The van der Waals surface area contributed by atoms with Crippen molar-refractivity contribution in [3.05, 3.63) is 29.3 Å². The van der Waals surface area contributed by atoms with Gasteiger partial charge in [-0.15, -0.1) is 10.2 Å². The number of nitrogens with one attached hydrogen (secondary N) is 2. The van der Waals surface area contributed by atoms with Crippen LogP contribution in [0.15, 0.2) is 28.6 Å². The van der Waals surface area contributed by atoms with Crippen LogP contribution in [0, 0.1) is 5.92 Å². The first kappa shape index (κ1) is 18.0. The summed E-state index contributed by atoms with van der Waals surface area (Å²) in [4.78, 5) is 11.7. The lowest BCUT2D eigenvalue weighted by molar-refractivity contribution is -0.118. The zero-order valence-electron chi connectivity index (χ0n) is 13.0. The van der Waals surface area contributed by atoms with Gasteiger partial charge in [0, 0.05) is 17.3 Å². The van der Waals surface area contributed by atoms with Gasteiger partial charge in [-0.05, 0) is 30.5 Å². The zero-order valence-corrected chi connectivity index (χ0v) is 15.4. The third-order valence-electron chi connectivity index (χ3n) is 2.85. The third kappa shape index (κ3) is 6.76. The minimum atomic E-state index is 0.0233. The van der Waals surface area contributed by atoms with Crippen LogP contribution in [0.25, 0.3) is 0 Å². The Bertz CT molecular complexity index is 648. The summed E-state index contributed by atoms with van der Waals surface area (Å²) in [7, 11) is 0. The van der Waals surface area contributed by atoms with Crippen molar-refractivity contribution in [1.82, 2.24) is 15.5 Å². The van der Waals surface area contributed by atoms with Crippen LogP contribution in [0.5, 0.6) is 0 Å². The molecule has 0 spiro atoms. The fourth-order valence-electron chi connectivity index (χ4n) is 1.69. The van der Waals surface area contributed by atoms with E-state index in [1.54, 1.807) is 0 Å². The van der Waals surface area contributed by atoms with E-state index in [2.05, 4.69) is 34.7 Å². The minimum absolute atomic E-state index is 0.0233. The van der Waals surface area contributed by atoms with Crippen molar-refractivity contribution in [2.24, 2.45) is 5.92 Å². The molecule has 0 saturated carbocycles. The van der Waals surface area contributed by atoms with Gasteiger partial charge in [0.15, 0.2) is 4.34 Å². The number of aromatic nitrogens is 2. The summed E-state index contributed by atoms with van der Waals surface area (Å²) in [5.74, 6) is 0.964. The normalized spacial score (nSPS) is 10.8. The summed E-state index contributed by atoms with van der Waals surface area (Å²) < 4.78 is 0.758. The first-order valence-corrected chi connectivity index (χ1v) is 9.46. The summed E-state index contributed by atoms with van der Waals surface area (Å²) in [5.41, 5.74) is 0.858. The van der Waals surface area contributed by atoms with Crippen LogP contribution >= 0.6 is 34.7 Å². The zero-order chi connectivity index (χ0) is 16.7. The molecule has 1 aromatic carbocycles. The number of benzene rings is 1. The highest BCUT2D eigenvalue weighted by Crippen LogP contribution is 2.28. The fraction of sp³-hybridized carbons (Fsp3) is 0.400. The molecule has 0 aliphatic carbocycles. The lowest BCUT2D eigenvalue weighted by Crippen LogP contribution is -2.26. The third-order valence-corrected chi connectivity index (χ3v) is 5.06. The molecule has 2 rings (SSSR count). The van der Waals surface area contributed by atoms with Crippen molar-refractivity contribution < 1.29 is 4.79 Å². The van der Waals surface area contributed by atoms with E-state index >= 15 is 0 Å². The Balaban J connectivity index is 1.77. The molecule has 1 aromatic heterocycles. The molecule has 0 aliphatic heterocycles. The van der Waals surface area contributed by atoms with Crippen LogP contribution in [-0.2, 0) is 4.79 Å². The number of rotatable bonds is 8. The van der Waals surface area contributed by atoms with Crippen LogP contribution in [0.1, 0.15) is 20.3 Å². The number of thioether (sulfide) groups is 1. The molecule has 0 bridgehead atoms. The average Bonchev–Trinajstić information content (AvgIpc) is 2.92. The van der Waals surface area contributed by atoms with E-state index in [1.165, 1.54) is 23.1 Å². The Morgan fingerprint density at radius 2 is 2.22 bits per heavy atom. The minimum Gasteiger partial charge on any atom is -0.355 e. The molecule has 124 valence electrons. The molecule has 0 radical (unpaired) electrons. The number of halogens is 1. The van der Waals surface area contributed by atoms with Gasteiger partial charge in [0.25, 0.3) is 0 Å². The lowest BCUT2D eigenvalue weighted by atomic mass is 10.1. The molecular formula is C15H19ClN4OS2. The van der Waals surface area contributed by atoms with Crippen molar-refractivity contribution in [2.75, 3.05) is 17.6 Å². The number of hydrogen-bond donors (Lipinski definition) is 2. The molecule has 8 heteroatoms. The van der Waals surface area contributed by atoms with Crippen LogP contribution in [0.3, 0.4) is 0 Å². The Hall–Kier alpha value is -1.31. The second-order valence-electron chi connectivity index (χ2n) is 5.33. The monoisotopic (exact) mass is 370 g/mol. The van der Waals surface area contributed by atoms with E-state index in [-0.39, 0.29) is 5.91 Å². The molecule has 23 heavy (non-hydrogen) atoms. The topological polar surface area (TPSA) is 66.9 Å². The molecule has 0 atom stereocenters. The summed E-state index contributed by atoms with van der Waals surface area (Å²) in [6.45, 7) is 4.99. The quantitative estimate of drug-likeness (QED) is 0.682. The Labute approximate surface area is 149 Å². The second kappa shape index (κ2) is 9.10. The Morgan fingerprint density at radius 3 is 2.96 bits per heavy atom. The van der Waals surface area contributed by atoms with Gasteiger partial charge in [-0.3, -0.25) is 4.79 Å². The summed E-state index contributed by atoms with van der Waals surface area (Å²) in [6, 6.07) is 7.40. The van der Waals surface area contributed by atoms with Crippen LogP contribution in [0.2, 0.25) is 5.02 Å². The predicted octanol–water partition coefficient (Wildman–Crippen LogP) is 4.19. The lowest BCUT2D eigenvalue weighted by Gasteiger charge is -2.05.